The lowest BCUT2D eigenvalue weighted by molar-refractivity contribution is -0.139. The number of hydrogen-bond donors (Lipinski definition) is 3. The van der Waals surface area contributed by atoms with Crippen molar-refractivity contribution in [2.45, 2.75) is 19.1 Å². The van der Waals surface area contributed by atoms with Crippen LogP contribution in [-0.4, -0.2) is 35.1 Å². The van der Waals surface area contributed by atoms with E-state index >= 15 is 0 Å². The molecule has 0 aliphatic rings. The smallest absolute Gasteiger partial charge is 0.309 e. The maximum Gasteiger partial charge on any atom is 0.309 e. The van der Waals surface area contributed by atoms with E-state index in [4.69, 9.17) is 4.74 Å². The molecule has 7 nitrogen and oxygen atoms in total. The Morgan fingerprint density at radius 1 is 1.16 bits per heavy atom. The average Bonchev–Trinajstić information content (AvgIpc) is 3.05. The molecule has 2 aromatic rings. The second kappa shape index (κ2) is 8.89. The summed E-state index contributed by atoms with van der Waals surface area (Å²) in [6, 6.07) is 10.9. The summed E-state index contributed by atoms with van der Waals surface area (Å²) in [6.45, 7) is 0.398. The predicted octanol–water partition coefficient (Wildman–Crippen LogP) is 0.890. The fourth-order valence-corrected chi connectivity index (χ4v) is 2.48. The zero-order valence-electron chi connectivity index (χ0n) is 14.4. The molecule has 0 fully saturated rings. The largest absolute Gasteiger partial charge is 0.496 e. The highest BCUT2D eigenvalue weighted by molar-refractivity contribution is 6.35. The van der Waals surface area contributed by atoms with Crippen LogP contribution in [0.3, 0.4) is 0 Å². The van der Waals surface area contributed by atoms with Crippen molar-refractivity contribution in [2.24, 2.45) is 7.05 Å². The van der Waals surface area contributed by atoms with Crippen LogP contribution in [0, 0.1) is 0 Å². The SMILES string of the molecule is COc1ccccc1CNC(=O)C(=O)NCCC(O)c1cccn1C. The number of methoxy groups -OCH3 is 1. The molecule has 1 atom stereocenters. The van der Waals surface area contributed by atoms with Crippen LogP contribution in [0.4, 0.5) is 0 Å². The number of aliphatic hydroxyl groups is 1. The van der Waals surface area contributed by atoms with Gasteiger partial charge < -0.3 is 25.0 Å². The van der Waals surface area contributed by atoms with E-state index in [1.165, 1.54) is 0 Å². The summed E-state index contributed by atoms with van der Waals surface area (Å²) in [5.74, 6) is -0.804. The molecule has 25 heavy (non-hydrogen) atoms. The molecule has 0 spiro atoms. The summed E-state index contributed by atoms with van der Waals surface area (Å²) in [5, 5.41) is 15.1. The van der Waals surface area contributed by atoms with Gasteiger partial charge >= 0.3 is 11.8 Å². The summed E-state index contributed by atoms with van der Waals surface area (Å²) in [5.41, 5.74) is 1.54. The number of aryl methyl sites for hydroxylation is 1. The van der Waals surface area contributed by atoms with Gasteiger partial charge in [-0.25, -0.2) is 0 Å². The van der Waals surface area contributed by atoms with Gasteiger partial charge in [0.25, 0.3) is 0 Å². The van der Waals surface area contributed by atoms with Crippen molar-refractivity contribution in [3.05, 3.63) is 53.9 Å². The lowest BCUT2D eigenvalue weighted by atomic mass is 10.2. The first-order chi connectivity index (χ1) is 12.0. The number of rotatable bonds is 7. The van der Waals surface area contributed by atoms with Gasteiger partial charge in [-0.1, -0.05) is 18.2 Å². The van der Waals surface area contributed by atoms with Crippen molar-refractivity contribution in [1.82, 2.24) is 15.2 Å². The molecule has 1 heterocycles. The van der Waals surface area contributed by atoms with Gasteiger partial charge in [0.2, 0.25) is 0 Å². The highest BCUT2D eigenvalue weighted by atomic mass is 16.5. The topological polar surface area (TPSA) is 92.6 Å². The Morgan fingerprint density at radius 3 is 2.56 bits per heavy atom. The van der Waals surface area contributed by atoms with E-state index in [0.717, 1.165) is 11.3 Å². The maximum absolute atomic E-state index is 11.8. The lowest BCUT2D eigenvalue weighted by Crippen LogP contribution is -2.40. The van der Waals surface area contributed by atoms with Gasteiger partial charge in [-0.3, -0.25) is 9.59 Å². The minimum absolute atomic E-state index is 0.197. The van der Waals surface area contributed by atoms with Crippen LogP contribution < -0.4 is 15.4 Å². The number of nitrogens with zero attached hydrogens (tertiary/aromatic N) is 1. The van der Waals surface area contributed by atoms with Crippen molar-refractivity contribution in [3.63, 3.8) is 0 Å². The number of hydrogen-bond acceptors (Lipinski definition) is 4. The van der Waals surface area contributed by atoms with Crippen molar-refractivity contribution in [1.29, 1.82) is 0 Å². The van der Waals surface area contributed by atoms with E-state index in [0.29, 0.717) is 12.2 Å². The fourth-order valence-electron chi connectivity index (χ4n) is 2.48. The van der Waals surface area contributed by atoms with E-state index in [-0.39, 0.29) is 13.1 Å². The average molecular weight is 345 g/mol. The van der Waals surface area contributed by atoms with Gasteiger partial charge in [-0.15, -0.1) is 0 Å². The zero-order chi connectivity index (χ0) is 18.2. The number of ether oxygens (including phenoxy) is 1. The van der Waals surface area contributed by atoms with E-state index in [1.807, 2.05) is 48.1 Å². The fraction of sp³-hybridized carbons (Fsp3) is 0.333. The maximum atomic E-state index is 11.8. The monoisotopic (exact) mass is 345 g/mol. The number of para-hydroxylation sites is 1. The third kappa shape index (κ3) is 5.09. The molecule has 134 valence electrons. The first kappa shape index (κ1) is 18.5. The van der Waals surface area contributed by atoms with Gasteiger partial charge in [0.05, 0.1) is 13.2 Å². The zero-order valence-corrected chi connectivity index (χ0v) is 14.4. The third-order valence-corrected chi connectivity index (χ3v) is 3.87. The van der Waals surface area contributed by atoms with Crippen LogP contribution in [0.2, 0.25) is 0 Å². The van der Waals surface area contributed by atoms with E-state index in [2.05, 4.69) is 10.6 Å². The molecule has 2 amide bonds. The molecule has 2 rings (SSSR count). The highest BCUT2D eigenvalue weighted by Crippen LogP contribution is 2.17. The normalized spacial score (nSPS) is 11.6. The van der Waals surface area contributed by atoms with Crippen LogP contribution in [0.25, 0.3) is 0 Å². The second-order valence-electron chi connectivity index (χ2n) is 5.60. The molecular formula is C18H23N3O4. The Kier molecular flexibility index (Phi) is 6.59. The quantitative estimate of drug-likeness (QED) is 0.650. The molecular weight excluding hydrogens is 322 g/mol. The standard InChI is InChI=1S/C18H23N3O4/c1-21-11-5-7-14(21)15(22)9-10-19-17(23)18(24)20-12-13-6-3-4-8-16(13)25-2/h3-8,11,15,22H,9-10,12H2,1-2H3,(H,19,23)(H,20,24). The van der Waals surface area contributed by atoms with Crippen molar-refractivity contribution in [2.75, 3.05) is 13.7 Å². The van der Waals surface area contributed by atoms with Gasteiger partial charge in [-0.2, -0.15) is 0 Å². The number of nitrogens with one attached hydrogen (secondary N) is 2. The van der Waals surface area contributed by atoms with Gasteiger partial charge in [0, 0.05) is 37.6 Å². The van der Waals surface area contributed by atoms with Crippen LogP contribution in [0.1, 0.15) is 23.8 Å². The molecule has 1 unspecified atom stereocenters. The molecule has 0 radical (unpaired) electrons. The van der Waals surface area contributed by atoms with E-state index in [1.54, 1.807) is 13.2 Å². The van der Waals surface area contributed by atoms with E-state index in [9.17, 15) is 14.7 Å². The second-order valence-corrected chi connectivity index (χ2v) is 5.60. The summed E-state index contributed by atoms with van der Waals surface area (Å²) < 4.78 is 7.00. The molecule has 0 saturated carbocycles. The van der Waals surface area contributed by atoms with Crippen LogP contribution >= 0.6 is 0 Å². The Bertz CT molecular complexity index is 727. The Labute approximate surface area is 146 Å². The number of aromatic nitrogens is 1. The first-order valence-electron chi connectivity index (χ1n) is 8.00. The number of carbonyl (C=O) groups excluding carboxylic acids is 2. The molecule has 0 aliphatic carbocycles. The van der Waals surface area contributed by atoms with Crippen LogP contribution in [0.5, 0.6) is 5.75 Å². The van der Waals surface area contributed by atoms with Crippen LogP contribution in [0.15, 0.2) is 42.6 Å². The molecule has 1 aromatic carbocycles. The molecule has 0 aliphatic heterocycles. The van der Waals surface area contributed by atoms with Gasteiger partial charge in [-0.05, 0) is 24.6 Å². The van der Waals surface area contributed by atoms with Crippen molar-refractivity contribution < 1.29 is 19.4 Å². The lowest BCUT2D eigenvalue weighted by Gasteiger charge is -2.13. The molecule has 0 bridgehead atoms. The molecule has 7 heteroatoms. The number of benzene rings is 1. The minimum atomic E-state index is -0.728. The number of carbonyl (C=O) groups is 2. The number of amides is 2. The summed E-state index contributed by atoms with van der Waals surface area (Å²) in [4.78, 5) is 23.7. The van der Waals surface area contributed by atoms with Crippen LogP contribution in [-0.2, 0) is 23.2 Å². The molecule has 0 saturated heterocycles. The van der Waals surface area contributed by atoms with Gasteiger partial charge in [0.1, 0.15) is 5.75 Å². The Balaban J connectivity index is 1.75. The number of aliphatic hydroxyl groups excluding tert-OH is 1. The first-order valence-corrected chi connectivity index (χ1v) is 8.00. The Morgan fingerprint density at radius 2 is 1.88 bits per heavy atom. The molecule has 3 N–H and O–H groups in total. The highest BCUT2D eigenvalue weighted by Gasteiger charge is 2.15. The van der Waals surface area contributed by atoms with Gasteiger partial charge in [0.15, 0.2) is 0 Å². The third-order valence-electron chi connectivity index (χ3n) is 3.87. The Hall–Kier alpha value is -2.80. The summed E-state index contributed by atoms with van der Waals surface area (Å²) >= 11 is 0. The molecule has 1 aromatic heterocycles. The van der Waals surface area contributed by atoms with Crippen molar-refractivity contribution >= 4 is 11.8 Å². The van der Waals surface area contributed by atoms with E-state index < -0.39 is 17.9 Å². The van der Waals surface area contributed by atoms with Crippen molar-refractivity contribution in [3.8, 4) is 5.75 Å². The summed E-state index contributed by atoms with van der Waals surface area (Å²) in [6.07, 6.45) is 1.46. The minimum Gasteiger partial charge on any atom is -0.496 e. The summed E-state index contributed by atoms with van der Waals surface area (Å²) in [7, 11) is 3.38. The predicted molar refractivity (Wildman–Crippen MR) is 92.8 cm³/mol.